The summed E-state index contributed by atoms with van der Waals surface area (Å²) in [6.07, 6.45) is 3.20. The van der Waals surface area contributed by atoms with Crippen molar-refractivity contribution in [1.82, 2.24) is 24.5 Å². The molecule has 2 aromatic heterocycles. The van der Waals surface area contributed by atoms with E-state index < -0.39 is 6.04 Å². The maximum atomic E-state index is 12.7. The number of carbonyl (C=O) groups excluding carboxylic acids is 1. The van der Waals surface area contributed by atoms with Gasteiger partial charge in [0, 0.05) is 37.5 Å². The highest BCUT2D eigenvalue weighted by molar-refractivity contribution is 5.80. The van der Waals surface area contributed by atoms with Crippen molar-refractivity contribution in [3.8, 4) is 11.3 Å². The van der Waals surface area contributed by atoms with Crippen LogP contribution in [0, 0.1) is 13.8 Å². The SMILES string of the molecule is Cc1nn(C)c(C)c1-c1ccc(=O)n(C(C)C(=O)N2CCCCC2)n1. The number of amides is 1. The van der Waals surface area contributed by atoms with Gasteiger partial charge < -0.3 is 4.90 Å². The van der Waals surface area contributed by atoms with Crippen molar-refractivity contribution in [1.29, 1.82) is 0 Å². The second-order valence-electron chi connectivity index (χ2n) is 6.73. The Labute approximate surface area is 147 Å². The lowest BCUT2D eigenvalue weighted by Gasteiger charge is -2.29. The highest BCUT2D eigenvalue weighted by atomic mass is 16.2. The molecule has 3 rings (SSSR count). The summed E-state index contributed by atoms with van der Waals surface area (Å²) in [6, 6.07) is 2.57. The van der Waals surface area contributed by atoms with Crippen molar-refractivity contribution < 1.29 is 4.79 Å². The summed E-state index contributed by atoms with van der Waals surface area (Å²) in [5.41, 5.74) is 3.15. The molecular formula is C18H25N5O2. The van der Waals surface area contributed by atoms with E-state index in [0.29, 0.717) is 5.69 Å². The second kappa shape index (κ2) is 6.82. The largest absolute Gasteiger partial charge is 0.341 e. The van der Waals surface area contributed by atoms with Gasteiger partial charge in [0.15, 0.2) is 0 Å². The minimum atomic E-state index is -0.608. The second-order valence-corrected chi connectivity index (χ2v) is 6.73. The van der Waals surface area contributed by atoms with E-state index in [0.717, 1.165) is 49.3 Å². The van der Waals surface area contributed by atoms with Crippen molar-refractivity contribution in [2.24, 2.45) is 7.05 Å². The van der Waals surface area contributed by atoms with Gasteiger partial charge >= 0.3 is 0 Å². The number of nitrogens with zero attached hydrogens (tertiary/aromatic N) is 5. The summed E-state index contributed by atoms with van der Waals surface area (Å²) in [7, 11) is 1.88. The van der Waals surface area contributed by atoms with Crippen LogP contribution in [0.1, 0.15) is 43.6 Å². The summed E-state index contributed by atoms with van der Waals surface area (Å²) in [5.74, 6) is -0.0360. The van der Waals surface area contributed by atoms with E-state index in [2.05, 4.69) is 10.2 Å². The van der Waals surface area contributed by atoms with Crippen molar-refractivity contribution >= 4 is 5.91 Å². The Morgan fingerprint density at radius 1 is 1.12 bits per heavy atom. The van der Waals surface area contributed by atoms with E-state index >= 15 is 0 Å². The van der Waals surface area contributed by atoms with Crippen LogP contribution in [-0.4, -0.2) is 43.5 Å². The predicted octanol–water partition coefficient (Wildman–Crippen LogP) is 1.83. The monoisotopic (exact) mass is 343 g/mol. The summed E-state index contributed by atoms with van der Waals surface area (Å²) < 4.78 is 3.10. The Balaban J connectivity index is 1.96. The Kier molecular flexibility index (Phi) is 4.74. The van der Waals surface area contributed by atoms with Gasteiger partial charge in [-0.05, 0) is 46.1 Å². The number of piperidine rings is 1. The quantitative estimate of drug-likeness (QED) is 0.852. The van der Waals surface area contributed by atoms with Crippen molar-refractivity contribution in [2.45, 2.75) is 46.1 Å². The highest BCUT2D eigenvalue weighted by Crippen LogP contribution is 2.24. The van der Waals surface area contributed by atoms with Gasteiger partial charge in [-0.2, -0.15) is 10.2 Å². The van der Waals surface area contributed by atoms with Gasteiger partial charge in [-0.3, -0.25) is 14.3 Å². The number of aryl methyl sites for hydroxylation is 2. The zero-order chi connectivity index (χ0) is 18.1. The third-order valence-corrected chi connectivity index (χ3v) is 4.98. The molecule has 1 atom stereocenters. The van der Waals surface area contributed by atoms with Crippen LogP contribution in [-0.2, 0) is 11.8 Å². The molecule has 1 aliphatic rings. The average molecular weight is 343 g/mol. The van der Waals surface area contributed by atoms with Crippen LogP contribution in [0.15, 0.2) is 16.9 Å². The molecular weight excluding hydrogens is 318 g/mol. The normalized spacial score (nSPS) is 16.1. The maximum absolute atomic E-state index is 12.7. The van der Waals surface area contributed by atoms with Gasteiger partial charge in [0.25, 0.3) is 5.56 Å². The van der Waals surface area contributed by atoms with Gasteiger partial charge in [0.05, 0.1) is 11.4 Å². The molecule has 0 N–H and O–H groups in total. The molecule has 1 amide bonds. The van der Waals surface area contributed by atoms with Crippen LogP contribution in [0.3, 0.4) is 0 Å². The molecule has 1 saturated heterocycles. The molecule has 2 aromatic rings. The van der Waals surface area contributed by atoms with E-state index in [1.165, 1.54) is 10.7 Å². The molecule has 1 unspecified atom stereocenters. The molecule has 25 heavy (non-hydrogen) atoms. The topological polar surface area (TPSA) is 73.0 Å². The lowest BCUT2D eigenvalue weighted by Crippen LogP contribution is -2.42. The summed E-state index contributed by atoms with van der Waals surface area (Å²) >= 11 is 0. The van der Waals surface area contributed by atoms with Crippen LogP contribution in [0.5, 0.6) is 0 Å². The van der Waals surface area contributed by atoms with E-state index in [-0.39, 0.29) is 11.5 Å². The Morgan fingerprint density at radius 2 is 1.80 bits per heavy atom. The molecule has 0 bridgehead atoms. The van der Waals surface area contributed by atoms with E-state index in [1.807, 2.05) is 25.8 Å². The first-order chi connectivity index (χ1) is 11.9. The van der Waals surface area contributed by atoms with Crippen molar-refractivity contribution in [3.63, 3.8) is 0 Å². The summed E-state index contributed by atoms with van der Waals surface area (Å²) in [5, 5.41) is 8.90. The minimum Gasteiger partial charge on any atom is -0.341 e. The van der Waals surface area contributed by atoms with Gasteiger partial charge in [-0.25, -0.2) is 4.68 Å². The Morgan fingerprint density at radius 3 is 2.40 bits per heavy atom. The minimum absolute atomic E-state index is 0.0360. The molecule has 0 aromatic carbocycles. The smallest absolute Gasteiger partial charge is 0.267 e. The molecule has 1 fully saturated rings. The fourth-order valence-electron chi connectivity index (χ4n) is 3.46. The van der Waals surface area contributed by atoms with Crippen molar-refractivity contribution in [2.75, 3.05) is 13.1 Å². The molecule has 0 radical (unpaired) electrons. The molecule has 3 heterocycles. The van der Waals surface area contributed by atoms with Crippen LogP contribution < -0.4 is 5.56 Å². The Hall–Kier alpha value is -2.44. The average Bonchev–Trinajstić information content (AvgIpc) is 2.87. The van der Waals surface area contributed by atoms with Gasteiger partial charge in [-0.1, -0.05) is 0 Å². The van der Waals surface area contributed by atoms with Gasteiger partial charge in [0.1, 0.15) is 6.04 Å². The zero-order valence-corrected chi connectivity index (χ0v) is 15.3. The van der Waals surface area contributed by atoms with Crippen molar-refractivity contribution in [3.05, 3.63) is 33.9 Å². The van der Waals surface area contributed by atoms with E-state index in [9.17, 15) is 9.59 Å². The maximum Gasteiger partial charge on any atom is 0.267 e. The van der Waals surface area contributed by atoms with Crippen LogP contribution in [0.4, 0.5) is 0 Å². The molecule has 134 valence electrons. The Bertz CT molecular complexity index is 846. The first-order valence-electron chi connectivity index (χ1n) is 8.79. The lowest BCUT2D eigenvalue weighted by molar-refractivity contribution is -0.135. The molecule has 7 heteroatoms. The van der Waals surface area contributed by atoms with Gasteiger partial charge in [-0.15, -0.1) is 0 Å². The molecule has 1 aliphatic heterocycles. The fraction of sp³-hybridized carbons (Fsp3) is 0.556. The first-order valence-corrected chi connectivity index (χ1v) is 8.79. The van der Waals surface area contributed by atoms with Crippen LogP contribution in [0.2, 0.25) is 0 Å². The third-order valence-electron chi connectivity index (χ3n) is 4.98. The predicted molar refractivity (Wildman–Crippen MR) is 95.3 cm³/mol. The van der Waals surface area contributed by atoms with E-state index in [1.54, 1.807) is 17.7 Å². The van der Waals surface area contributed by atoms with Crippen LogP contribution >= 0.6 is 0 Å². The summed E-state index contributed by atoms with van der Waals surface area (Å²) in [4.78, 5) is 26.9. The molecule has 0 spiro atoms. The molecule has 7 nitrogen and oxygen atoms in total. The third kappa shape index (κ3) is 3.23. The van der Waals surface area contributed by atoms with Gasteiger partial charge in [0.2, 0.25) is 5.91 Å². The zero-order valence-electron chi connectivity index (χ0n) is 15.3. The molecule has 0 aliphatic carbocycles. The number of hydrogen-bond donors (Lipinski definition) is 0. The number of carbonyl (C=O) groups is 1. The number of hydrogen-bond acceptors (Lipinski definition) is 4. The summed E-state index contributed by atoms with van der Waals surface area (Å²) in [6.45, 7) is 7.16. The first kappa shape index (κ1) is 17.4. The van der Waals surface area contributed by atoms with E-state index in [4.69, 9.17) is 0 Å². The molecule has 0 saturated carbocycles. The highest BCUT2D eigenvalue weighted by Gasteiger charge is 2.25. The standard InChI is InChI=1S/C18H25N5O2/c1-12-17(13(2)21(4)19-12)15-8-9-16(24)23(20-15)14(3)18(25)22-10-6-5-7-11-22/h8-9,14H,5-7,10-11H2,1-4H3. The number of rotatable bonds is 3. The van der Waals surface area contributed by atoms with Crippen LogP contribution in [0.25, 0.3) is 11.3 Å². The number of likely N-dealkylation sites (tertiary alicyclic amines) is 1. The lowest BCUT2D eigenvalue weighted by atomic mass is 10.1. The fourth-order valence-corrected chi connectivity index (χ4v) is 3.46. The number of aromatic nitrogens is 4.